The fraction of sp³-hybridized carbons (Fsp3) is 0.300. The molecule has 162 valence electrons. The van der Waals surface area contributed by atoms with Gasteiger partial charge in [-0.1, -0.05) is 35.9 Å². The highest BCUT2D eigenvalue weighted by Crippen LogP contribution is 2.28. The van der Waals surface area contributed by atoms with Crippen molar-refractivity contribution in [2.75, 3.05) is 24.2 Å². The van der Waals surface area contributed by atoms with E-state index >= 15 is 0 Å². The van der Waals surface area contributed by atoms with Gasteiger partial charge in [-0.2, -0.15) is 0 Å². The number of halogens is 2. The molecule has 2 rings (SSSR count). The fourth-order valence-electron chi connectivity index (χ4n) is 2.87. The summed E-state index contributed by atoms with van der Waals surface area (Å²) >= 11 is 9.38. The molecule has 0 fully saturated rings. The number of anilines is 1. The molecule has 0 aliphatic heterocycles. The molecule has 0 aliphatic rings. The quantitative estimate of drug-likeness (QED) is 0.584. The minimum atomic E-state index is -3.77. The van der Waals surface area contributed by atoms with Crippen molar-refractivity contribution in [3.05, 3.63) is 63.6 Å². The van der Waals surface area contributed by atoms with Crippen molar-refractivity contribution in [2.45, 2.75) is 19.5 Å². The van der Waals surface area contributed by atoms with Crippen LogP contribution in [-0.4, -0.2) is 51.0 Å². The minimum absolute atomic E-state index is 0.0988. The van der Waals surface area contributed by atoms with Crippen LogP contribution in [0.3, 0.4) is 0 Å². The largest absolute Gasteiger partial charge is 0.357 e. The molecule has 0 spiro atoms. The van der Waals surface area contributed by atoms with E-state index < -0.39 is 28.5 Å². The molecule has 0 saturated heterocycles. The van der Waals surface area contributed by atoms with Gasteiger partial charge >= 0.3 is 0 Å². The molecular formula is C20H23BrClN3O4S. The Hall–Kier alpha value is -2.10. The SMILES string of the molecule is CNC(=O)[C@@H](C)N(Cc1cccc(Cl)c1)C(=O)CN(c1ccccc1Br)S(C)(=O)=O. The molecule has 0 saturated carbocycles. The Kier molecular flexibility index (Phi) is 8.28. The Labute approximate surface area is 190 Å². The van der Waals surface area contributed by atoms with Crippen LogP contribution in [0.15, 0.2) is 53.0 Å². The molecule has 1 N–H and O–H groups in total. The third-order valence-corrected chi connectivity index (χ3v) is 6.49. The summed E-state index contributed by atoms with van der Waals surface area (Å²) in [5.74, 6) is -0.885. The number of sulfonamides is 1. The zero-order valence-electron chi connectivity index (χ0n) is 16.8. The first-order valence-corrected chi connectivity index (χ1v) is 12.0. The molecule has 10 heteroatoms. The van der Waals surface area contributed by atoms with Crippen molar-refractivity contribution < 1.29 is 18.0 Å². The highest BCUT2D eigenvalue weighted by Gasteiger charge is 2.30. The average molecular weight is 517 g/mol. The van der Waals surface area contributed by atoms with Crippen LogP contribution >= 0.6 is 27.5 Å². The molecule has 2 amide bonds. The van der Waals surface area contributed by atoms with E-state index in [1.807, 2.05) is 0 Å². The van der Waals surface area contributed by atoms with Crippen LogP contribution in [0.5, 0.6) is 0 Å². The van der Waals surface area contributed by atoms with E-state index in [1.54, 1.807) is 55.5 Å². The Morgan fingerprint density at radius 2 is 1.83 bits per heavy atom. The molecule has 2 aromatic rings. The van der Waals surface area contributed by atoms with Crippen molar-refractivity contribution in [3.63, 3.8) is 0 Å². The maximum absolute atomic E-state index is 13.2. The number of nitrogens with one attached hydrogen (secondary N) is 1. The smallest absolute Gasteiger partial charge is 0.244 e. The number of hydrogen-bond acceptors (Lipinski definition) is 4. The first kappa shape index (κ1) is 24.2. The van der Waals surface area contributed by atoms with Gasteiger partial charge in [-0.05, 0) is 52.7 Å². The topological polar surface area (TPSA) is 86.8 Å². The number of likely N-dealkylation sites (N-methyl/N-ethyl adjacent to an activating group) is 1. The highest BCUT2D eigenvalue weighted by atomic mass is 79.9. The lowest BCUT2D eigenvalue weighted by atomic mass is 10.1. The molecule has 30 heavy (non-hydrogen) atoms. The maximum Gasteiger partial charge on any atom is 0.244 e. The van der Waals surface area contributed by atoms with Crippen molar-refractivity contribution in [1.29, 1.82) is 0 Å². The monoisotopic (exact) mass is 515 g/mol. The number of carbonyl (C=O) groups is 2. The van der Waals surface area contributed by atoms with E-state index in [4.69, 9.17) is 11.6 Å². The van der Waals surface area contributed by atoms with Gasteiger partial charge in [-0.15, -0.1) is 0 Å². The van der Waals surface area contributed by atoms with Gasteiger partial charge in [0.1, 0.15) is 12.6 Å². The summed E-state index contributed by atoms with van der Waals surface area (Å²) in [5.41, 5.74) is 1.06. The van der Waals surface area contributed by atoms with Crippen LogP contribution in [0, 0.1) is 0 Å². The Bertz CT molecular complexity index is 1030. The number of benzene rings is 2. The molecule has 0 radical (unpaired) electrons. The van der Waals surface area contributed by atoms with E-state index in [-0.39, 0.29) is 12.5 Å². The van der Waals surface area contributed by atoms with Gasteiger partial charge in [0.25, 0.3) is 0 Å². The summed E-state index contributed by atoms with van der Waals surface area (Å²) in [6.07, 6.45) is 1.03. The normalized spacial score (nSPS) is 12.2. The standard InChI is InChI=1S/C20H23BrClN3O4S/c1-14(20(27)23-2)24(12-15-7-6-8-16(22)11-15)19(26)13-25(30(3,28)29)18-10-5-4-9-17(18)21/h4-11,14H,12-13H2,1-3H3,(H,23,27)/t14-/m1/s1. The zero-order chi connectivity index (χ0) is 22.5. The number of amides is 2. The van der Waals surface area contributed by atoms with Gasteiger partial charge in [0, 0.05) is 23.1 Å². The highest BCUT2D eigenvalue weighted by molar-refractivity contribution is 9.10. The molecule has 7 nitrogen and oxygen atoms in total. The van der Waals surface area contributed by atoms with Gasteiger partial charge in [0.15, 0.2) is 0 Å². The average Bonchev–Trinajstić information content (AvgIpc) is 2.69. The Balaban J connectivity index is 2.40. The number of para-hydroxylation sites is 1. The van der Waals surface area contributed by atoms with E-state index in [0.717, 1.165) is 16.1 Å². The van der Waals surface area contributed by atoms with E-state index in [2.05, 4.69) is 21.2 Å². The lowest BCUT2D eigenvalue weighted by Gasteiger charge is -2.31. The van der Waals surface area contributed by atoms with Crippen molar-refractivity contribution in [2.24, 2.45) is 0 Å². The Morgan fingerprint density at radius 3 is 2.40 bits per heavy atom. The molecule has 1 atom stereocenters. The summed E-state index contributed by atoms with van der Waals surface area (Å²) in [6.45, 7) is 1.23. The molecular weight excluding hydrogens is 494 g/mol. The third kappa shape index (κ3) is 6.20. The number of nitrogens with zero attached hydrogens (tertiary/aromatic N) is 2. The second-order valence-electron chi connectivity index (χ2n) is 6.66. The van der Waals surface area contributed by atoms with Crippen LogP contribution in [0.1, 0.15) is 12.5 Å². The molecule has 0 aliphatic carbocycles. The van der Waals surface area contributed by atoms with E-state index in [1.165, 1.54) is 11.9 Å². The van der Waals surface area contributed by atoms with E-state index in [9.17, 15) is 18.0 Å². The van der Waals surface area contributed by atoms with Crippen molar-refractivity contribution >= 4 is 55.1 Å². The van der Waals surface area contributed by atoms with Gasteiger partial charge in [0.05, 0.1) is 11.9 Å². The van der Waals surface area contributed by atoms with Crippen molar-refractivity contribution in [1.82, 2.24) is 10.2 Å². The van der Waals surface area contributed by atoms with Crippen LogP contribution in [0.2, 0.25) is 5.02 Å². The number of carbonyl (C=O) groups excluding carboxylic acids is 2. The van der Waals surface area contributed by atoms with Gasteiger partial charge in [-0.25, -0.2) is 8.42 Å². The van der Waals surface area contributed by atoms with Crippen LogP contribution < -0.4 is 9.62 Å². The lowest BCUT2D eigenvalue weighted by Crippen LogP contribution is -2.50. The first-order valence-electron chi connectivity index (χ1n) is 9.02. The Morgan fingerprint density at radius 1 is 1.17 bits per heavy atom. The van der Waals surface area contributed by atoms with Crippen molar-refractivity contribution in [3.8, 4) is 0 Å². The predicted octanol–water partition coefficient (Wildman–Crippen LogP) is 3.03. The molecule has 0 unspecified atom stereocenters. The fourth-order valence-corrected chi connectivity index (χ4v) is 4.56. The number of rotatable bonds is 8. The minimum Gasteiger partial charge on any atom is -0.357 e. The van der Waals surface area contributed by atoms with Crippen LogP contribution in [-0.2, 0) is 26.2 Å². The van der Waals surface area contributed by atoms with Crippen LogP contribution in [0.25, 0.3) is 0 Å². The second kappa shape index (κ2) is 10.3. The van der Waals surface area contributed by atoms with Crippen LogP contribution in [0.4, 0.5) is 5.69 Å². The molecule has 0 heterocycles. The number of hydrogen-bond donors (Lipinski definition) is 1. The predicted molar refractivity (Wildman–Crippen MR) is 122 cm³/mol. The molecule has 0 bridgehead atoms. The van der Waals surface area contributed by atoms with Gasteiger partial charge in [-0.3, -0.25) is 13.9 Å². The summed E-state index contributed by atoms with van der Waals surface area (Å²) in [6, 6.07) is 12.8. The summed E-state index contributed by atoms with van der Waals surface area (Å²) < 4.78 is 26.4. The summed E-state index contributed by atoms with van der Waals surface area (Å²) in [5, 5.41) is 3.02. The molecule has 2 aromatic carbocycles. The van der Waals surface area contributed by atoms with Gasteiger partial charge in [0.2, 0.25) is 21.8 Å². The first-order chi connectivity index (χ1) is 14.0. The zero-order valence-corrected chi connectivity index (χ0v) is 20.0. The lowest BCUT2D eigenvalue weighted by molar-refractivity contribution is -0.139. The maximum atomic E-state index is 13.2. The van der Waals surface area contributed by atoms with E-state index in [0.29, 0.717) is 15.2 Å². The van der Waals surface area contributed by atoms with Gasteiger partial charge < -0.3 is 10.2 Å². The summed E-state index contributed by atoms with van der Waals surface area (Å²) in [4.78, 5) is 26.8. The second-order valence-corrected chi connectivity index (χ2v) is 9.86. The summed E-state index contributed by atoms with van der Waals surface area (Å²) in [7, 11) is -2.29. The molecule has 0 aromatic heterocycles. The third-order valence-electron chi connectivity index (χ3n) is 4.46.